The summed E-state index contributed by atoms with van der Waals surface area (Å²) >= 11 is 0. The quantitative estimate of drug-likeness (QED) is 0.912. The smallest absolute Gasteiger partial charge is 0.322 e. The van der Waals surface area contributed by atoms with Crippen LogP contribution in [0.2, 0.25) is 0 Å². The maximum absolute atomic E-state index is 12.3. The first-order chi connectivity index (χ1) is 9.74. The highest BCUT2D eigenvalue weighted by molar-refractivity contribution is 5.89. The summed E-state index contributed by atoms with van der Waals surface area (Å²) in [5.41, 5.74) is 0.782. The van der Waals surface area contributed by atoms with Crippen LogP contribution >= 0.6 is 0 Å². The Hall–Kier alpha value is -2.37. The summed E-state index contributed by atoms with van der Waals surface area (Å²) in [5, 5.41) is 6.68. The molecule has 2 heterocycles. The molecule has 3 rings (SSSR count). The van der Waals surface area contributed by atoms with Gasteiger partial charge in [-0.3, -0.25) is 0 Å². The van der Waals surface area contributed by atoms with Crippen LogP contribution in [0.1, 0.15) is 30.6 Å². The number of aromatic nitrogens is 2. The summed E-state index contributed by atoms with van der Waals surface area (Å²) in [5.74, 6) is 1.11. The minimum absolute atomic E-state index is 0.125. The third kappa shape index (κ3) is 2.49. The molecule has 0 radical (unpaired) electrons. The van der Waals surface area contributed by atoms with Crippen molar-refractivity contribution in [3.05, 3.63) is 42.0 Å². The number of carbonyl (C=O) groups excluding carboxylic acids is 1. The standard InChI is InChI=1S/C14H16N4O2/c1-10-15-13(20-17-10)12-8-5-9-18(12)14(19)16-11-6-3-2-4-7-11/h2-4,6-7,12H,5,8-9H2,1H3,(H,16,19)/t12-/m0/s1. The Morgan fingerprint density at radius 2 is 2.20 bits per heavy atom. The number of anilines is 1. The monoisotopic (exact) mass is 272 g/mol. The zero-order valence-corrected chi connectivity index (χ0v) is 11.2. The van der Waals surface area contributed by atoms with Crippen molar-refractivity contribution in [1.29, 1.82) is 0 Å². The van der Waals surface area contributed by atoms with Crippen molar-refractivity contribution in [1.82, 2.24) is 15.0 Å². The van der Waals surface area contributed by atoms with Gasteiger partial charge in [0, 0.05) is 12.2 Å². The fourth-order valence-corrected chi connectivity index (χ4v) is 2.43. The molecule has 1 aliphatic rings. The number of para-hydroxylation sites is 1. The van der Waals surface area contributed by atoms with E-state index in [1.54, 1.807) is 11.8 Å². The second kappa shape index (κ2) is 5.32. The summed E-state index contributed by atoms with van der Waals surface area (Å²) in [6.07, 6.45) is 1.79. The van der Waals surface area contributed by atoms with E-state index >= 15 is 0 Å². The highest BCUT2D eigenvalue weighted by atomic mass is 16.5. The number of likely N-dealkylation sites (tertiary alicyclic amines) is 1. The van der Waals surface area contributed by atoms with Gasteiger partial charge in [-0.25, -0.2) is 4.79 Å². The number of amides is 2. The van der Waals surface area contributed by atoms with Gasteiger partial charge >= 0.3 is 6.03 Å². The minimum atomic E-state index is -0.130. The van der Waals surface area contributed by atoms with E-state index in [0.717, 1.165) is 18.5 Å². The lowest BCUT2D eigenvalue weighted by Crippen LogP contribution is -2.34. The Kier molecular flexibility index (Phi) is 3.37. The van der Waals surface area contributed by atoms with E-state index in [4.69, 9.17) is 4.52 Å². The summed E-state index contributed by atoms with van der Waals surface area (Å²) < 4.78 is 5.20. The van der Waals surface area contributed by atoms with Gasteiger partial charge < -0.3 is 14.7 Å². The van der Waals surface area contributed by atoms with E-state index in [-0.39, 0.29) is 12.1 Å². The number of hydrogen-bond donors (Lipinski definition) is 1. The molecule has 104 valence electrons. The molecule has 1 saturated heterocycles. The molecule has 1 N–H and O–H groups in total. The number of hydrogen-bond acceptors (Lipinski definition) is 4. The molecule has 6 nitrogen and oxygen atoms in total. The van der Waals surface area contributed by atoms with E-state index in [2.05, 4.69) is 15.5 Å². The lowest BCUT2D eigenvalue weighted by Gasteiger charge is -2.22. The van der Waals surface area contributed by atoms with Gasteiger partial charge in [-0.1, -0.05) is 23.4 Å². The topological polar surface area (TPSA) is 71.3 Å². The van der Waals surface area contributed by atoms with Crippen LogP contribution < -0.4 is 5.32 Å². The van der Waals surface area contributed by atoms with Crippen LogP contribution in [0.15, 0.2) is 34.9 Å². The van der Waals surface area contributed by atoms with E-state index < -0.39 is 0 Å². The number of urea groups is 1. The first kappa shape index (κ1) is 12.7. The Bertz CT molecular complexity index is 596. The van der Waals surface area contributed by atoms with Gasteiger partial charge in [0.1, 0.15) is 6.04 Å². The third-order valence-electron chi connectivity index (χ3n) is 3.37. The average molecular weight is 272 g/mol. The molecule has 0 saturated carbocycles. The summed E-state index contributed by atoms with van der Waals surface area (Å²) in [6.45, 7) is 2.47. The predicted octanol–water partition coefficient (Wildman–Crippen LogP) is 2.75. The molecule has 1 fully saturated rings. The van der Waals surface area contributed by atoms with Crippen molar-refractivity contribution in [2.75, 3.05) is 11.9 Å². The first-order valence-corrected chi connectivity index (χ1v) is 6.67. The SMILES string of the molecule is Cc1noc([C@@H]2CCCN2C(=O)Nc2ccccc2)n1. The minimum Gasteiger partial charge on any atom is -0.337 e. The van der Waals surface area contributed by atoms with Crippen LogP contribution in [-0.4, -0.2) is 27.6 Å². The average Bonchev–Trinajstić information content (AvgIpc) is 3.08. The Labute approximate surface area is 116 Å². The van der Waals surface area contributed by atoms with Gasteiger partial charge in [-0.2, -0.15) is 4.98 Å². The second-order valence-electron chi connectivity index (χ2n) is 4.83. The first-order valence-electron chi connectivity index (χ1n) is 6.67. The summed E-state index contributed by atoms with van der Waals surface area (Å²) in [7, 11) is 0. The number of nitrogens with one attached hydrogen (secondary N) is 1. The zero-order chi connectivity index (χ0) is 13.9. The molecule has 0 bridgehead atoms. The molecule has 1 aliphatic heterocycles. The Balaban J connectivity index is 1.73. The predicted molar refractivity (Wildman–Crippen MR) is 73.2 cm³/mol. The lowest BCUT2D eigenvalue weighted by molar-refractivity contribution is 0.193. The van der Waals surface area contributed by atoms with Crippen LogP contribution in [-0.2, 0) is 0 Å². The van der Waals surface area contributed by atoms with Crippen LogP contribution in [0.25, 0.3) is 0 Å². The van der Waals surface area contributed by atoms with Gasteiger partial charge in [-0.15, -0.1) is 0 Å². The molecule has 20 heavy (non-hydrogen) atoms. The van der Waals surface area contributed by atoms with Gasteiger partial charge in [0.15, 0.2) is 5.82 Å². The van der Waals surface area contributed by atoms with Gasteiger partial charge in [0.05, 0.1) is 0 Å². The lowest BCUT2D eigenvalue weighted by atomic mass is 10.2. The summed E-state index contributed by atoms with van der Waals surface area (Å²) in [6, 6.07) is 9.15. The summed E-state index contributed by atoms with van der Waals surface area (Å²) in [4.78, 5) is 18.3. The zero-order valence-electron chi connectivity index (χ0n) is 11.2. The van der Waals surface area contributed by atoms with Gasteiger partial charge in [0.25, 0.3) is 0 Å². The second-order valence-corrected chi connectivity index (χ2v) is 4.83. The van der Waals surface area contributed by atoms with E-state index in [1.165, 1.54) is 0 Å². The molecule has 1 atom stereocenters. The highest BCUT2D eigenvalue weighted by Gasteiger charge is 2.33. The molecular weight excluding hydrogens is 256 g/mol. The van der Waals surface area contributed by atoms with Crippen molar-refractivity contribution in [3.8, 4) is 0 Å². The fourth-order valence-electron chi connectivity index (χ4n) is 2.43. The normalized spacial score (nSPS) is 18.2. The molecule has 0 aliphatic carbocycles. The van der Waals surface area contributed by atoms with Crippen LogP contribution in [0.5, 0.6) is 0 Å². The van der Waals surface area contributed by atoms with Crippen LogP contribution in [0, 0.1) is 6.92 Å². The Morgan fingerprint density at radius 1 is 1.40 bits per heavy atom. The number of benzene rings is 1. The Morgan fingerprint density at radius 3 is 2.90 bits per heavy atom. The molecule has 2 aromatic rings. The molecule has 1 aromatic heterocycles. The van der Waals surface area contributed by atoms with Crippen molar-refractivity contribution < 1.29 is 9.32 Å². The molecule has 2 amide bonds. The highest BCUT2D eigenvalue weighted by Crippen LogP contribution is 2.31. The number of rotatable bonds is 2. The van der Waals surface area contributed by atoms with Crippen molar-refractivity contribution in [3.63, 3.8) is 0 Å². The van der Waals surface area contributed by atoms with Crippen molar-refractivity contribution in [2.45, 2.75) is 25.8 Å². The van der Waals surface area contributed by atoms with Crippen molar-refractivity contribution in [2.24, 2.45) is 0 Å². The van der Waals surface area contributed by atoms with Gasteiger partial charge in [0.2, 0.25) is 5.89 Å². The fraction of sp³-hybridized carbons (Fsp3) is 0.357. The van der Waals surface area contributed by atoms with E-state index in [0.29, 0.717) is 18.3 Å². The maximum atomic E-state index is 12.3. The molecular formula is C14H16N4O2. The van der Waals surface area contributed by atoms with Crippen LogP contribution in [0.4, 0.5) is 10.5 Å². The number of aryl methyl sites for hydroxylation is 1. The molecule has 0 spiro atoms. The van der Waals surface area contributed by atoms with Crippen molar-refractivity contribution >= 4 is 11.7 Å². The molecule has 6 heteroatoms. The van der Waals surface area contributed by atoms with Crippen LogP contribution in [0.3, 0.4) is 0 Å². The van der Waals surface area contributed by atoms with E-state index in [9.17, 15) is 4.79 Å². The molecule has 0 unspecified atom stereocenters. The third-order valence-corrected chi connectivity index (χ3v) is 3.37. The largest absolute Gasteiger partial charge is 0.337 e. The van der Waals surface area contributed by atoms with E-state index in [1.807, 2.05) is 30.3 Å². The maximum Gasteiger partial charge on any atom is 0.322 e. The number of carbonyl (C=O) groups is 1. The molecule has 1 aromatic carbocycles. The van der Waals surface area contributed by atoms with Gasteiger partial charge in [-0.05, 0) is 31.9 Å². The number of nitrogens with zero attached hydrogens (tertiary/aromatic N) is 3.